The molecule has 1 aromatic rings. The molecule has 0 spiro atoms. The summed E-state index contributed by atoms with van der Waals surface area (Å²) in [7, 11) is 2.12. The van der Waals surface area contributed by atoms with Gasteiger partial charge in [-0.1, -0.05) is 0 Å². The zero-order valence-electron chi connectivity index (χ0n) is 9.85. The average molecular weight is 222 g/mol. The van der Waals surface area contributed by atoms with Gasteiger partial charge in [-0.2, -0.15) is 0 Å². The van der Waals surface area contributed by atoms with E-state index in [0.717, 1.165) is 18.1 Å². The predicted molar refractivity (Wildman–Crippen MR) is 61.9 cm³/mol. The van der Waals surface area contributed by atoms with Crippen LogP contribution in [-0.2, 0) is 0 Å². The molecule has 0 amide bonds. The van der Waals surface area contributed by atoms with E-state index >= 15 is 0 Å². The Morgan fingerprint density at radius 2 is 2.12 bits per heavy atom. The molecule has 2 heterocycles. The van der Waals surface area contributed by atoms with Gasteiger partial charge in [0.2, 0.25) is 0 Å². The van der Waals surface area contributed by atoms with Crippen LogP contribution < -0.4 is 9.47 Å². The summed E-state index contributed by atoms with van der Waals surface area (Å²) in [6.07, 6.45) is 4.64. The Bertz CT molecular complexity index is 344. The van der Waals surface area contributed by atoms with Crippen molar-refractivity contribution in [2.45, 2.75) is 19.4 Å². The van der Waals surface area contributed by atoms with Crippen LogP contribution in [0.4, 0.5) is 0 Å². The van der Waals surface area contributed by atoms with Gasteiger partial charge in [-0.25, -0.2) is 0 Å². The first-order valence-corrected chi connectivity index (χ1v) is 5.70. The van der Waals surface area contributed by atoms with Gasteiger partial charge in [0.05, 0.1) is 19.0 Å². The van der Waals surface area contributed by atoms with Crippen LogP contribution in [0.1, 0.15) is 13.3 Å². The van der Waals surface area contributed by atoms with Gasteiger partial charge >= 0.3 is 0 Å². The van der Waals surface area contributed by atoms with Crippen LogP contribution in [0.5, 0.6) is 11.5 Å². The Morgan fingerprint density at radius 3 is 2.69 bits per heavy atom. The molecule has 88 valence electrons. The normalized spacial score (nSPS) is 20.2. The number of likely N-dealkylation sites (tertiary alicyclic amines) is 1. The number of aromatic nitrogens is 1. The van der Waals surface area contributed by atoms with Gasteiger partial charge in [-0.3, -0.25) is 9.88 Å². The molecule has 0 aliphatic carbocycles. The van der Waals surface area contributed by atoms with Gasteiger partial charge in [0.15, 0.2) is 0 Å². The lowest BCUT2D eigenvalue weighted by Gasteiger charge is -2.37. The van der Waals surface area contributed by atoms with Gasteiger partial charge in [0.1, 0.15) is 18.1 Å². The Kier molecular flexibility index (Phi) is 3.62. The van der Waals surface area contributed by atoms with Gasteiger partial charge in [-0.05, 0) is 26.9 Å². The Labute approximate surface area is 96.2 Å². The fourth-order valence-electron chi connectivity index (χ4n) is 1.70. The smallest absolute Gasteiger partial charge is 0.141 e. The zero-order chi connectivity index (χ0) is 11.4. The fourth-order valence-corrected chi connectivity index (χ4v) is 1.70. The molecule has 4 nitrogen and oxygen atoms in total. The summed E-state index contributed by atoms with van der Waals surface area (Å²) in [5.74, 6) is 1.55. The molecular weight excluding hydrogens is 204 g/mol. The number of pyridine rings is 1. The maximum atomic E-state index is 5.68. The summed E-state index contributed by atoms with van der Waals surface area (Å²) in [5.41, 5.74) is 0. The van der Waals surface area contributed by atoms with E-state index in [9.17, 15) is 0 Å². The standard InChI is InChI=1S/C12H18N2O2/c1-3-15-11-6-12(8-13-7-11)16-9-10-4-5-14(10)2/h6-8,10H,3-5,9H2,1-2H3/t10-/m0/s1. The molecular formula is C12H18N2O2. The molecule has 1 aromatic heterocycles. The third-order valence-electron chi connectivity index (χ3n) is 2.88. The largest absolute Gasteiger partial charge is 0.492 e. The first-order valence-electron chi connectivity index (χ1n) is 5.70. The van der Waals surface area contributed by atoms with Crippen LogP contribution in [0.3, 0.4) is 0 Å². The number of likely N-dealkylation sites (N-methyl/N-ethyl adjacent to an activating group) is 1. The molecule has 1 atom stereocenters. The average Bonchev–Trinajstić information content (AvgIpc) is 2.28. The maximum Gasteiger partial charge on any atom is 0.141 e. The van der Waals surface area contributed by atoms with Crippen molar-refractivity contribution in [3.05, 3.63) is 18.5 Å². The van der Waals surface area contributed by atoms with Crippen molar-refractivity contribution in [1.82, 2.24) is 9.88 Å². The molecule has 1 aliphatic rings. The van der Waals surface area contributed by atoms with Gasteiger partial charge in [-0.15, -0.1) is 0 Å². The maximum absolute atomic E-state index is 5.68. The second-order valence-electron chi connectivity index (χ2n) is 4.02. The highest BCUT2D eigenvalue weighted by Crippen LogP contribution is 2.20. The summed E-state index contributed by atoms with van der Waals surface area (Å²) in [4.78, 5) is 6.37. The second-order valence-corrected chi connectivity index (χ2v) is 4.02. The molecule has 0 bridgehead atoms. The van der Waals surface area contributed by atoms with Crippen LogP contribution in [0, 0.1) is 0 Å². The van der Waals surface area contributed by atoms with E-state index in [1.165, 1.54) is 13.0 Å². The third-order valence-corrected chi connectivity index (χ3v) is 2.88. The molecule has 1 aliphatic heterocycles. The number of nitrogens with zero attached hydrogens (tertiary/aromatic N) is 2. The van der Waals surface area contributed by atoms with Crippen LogP contribution >= 0.6 is 0 Å². The topological polar surface area (TPSA) is 34.6 Å². The van der Waals surface area contributed by atoms with E-state index in [4.69, 9.17) is 9.47 Å². The van der Waals surface area contributed by atoms with Crippen LogP contribution in [-0.4, -0.2) is 42.7 Å². The van der Waals surface area contributed by atoms with E-state index in [2.05, 4.69) is 16.9 Å². The first-order chi connectivity index (χ1) is 7.79. The monoisotopic (exact) mass is 222 g/mol. The minimum atomic E-state index is 0.552. The highest BCUT2D eigenvalue weighted by molar-refractivity contribution is 5.28. The van der Waals surface area contributed by atoms with E-state index in [1.54, 1.807) is 12.4 Å². The summed E-state index contributed by atoms with van der Waals surface area (Å²) in [6, 6.07) is 2.44. The lowest BCUT2D eigenvalue weighted by Crippen LogP contribution is -2.48. The van der Waals surface area contributed by atoms with Crippen molar-refractivity contribution in [1.29, 1.82) is 0 Å². The molecule has 2 rings (SSSR count). The predicted octanol–water partition coefficient (Wildman–Crippen LogP) is 1.56. The van der Waals surface area contributed by atoms with Gasteiger partial charge in [0.25, 0.3) is 0 Å². The SMILES string of the molecule is CCOc1cncc(OC[C@@H]2CCN2C)c1. The Morgan fingerprint density at radius 1 is 1.38 bits per heavy atom. The van der Waals surface area contributed by atoms with Crippen LogP contribution in [0.15, 0.2) is 18.5 Å². The number of ether oxygens (including phenoxy) is 2. The molecule has 0 unspecified atom stereocenters. The van der Waals surface area contributed by atoms with Gasteiger partial charge in [0, 0.05) is 12.1 Å². The molecule has 1 saturated heterocycles. The lowest BCUT2D eigenvalue weighted by atomic mass is 10.1. The summed E-state index contributed by atoms with van der Waals surface area (Å²) in [5, 5.41) is 0. The van der Waals surface area contributed by atoms with Crippen molar-refractivity contribution < 1.29 is 9.47 Å². The van der Waals surface area contributed by atoms with Gasteiger partial charge < -0.3 is 9.47 Å². The molecule has 0 N–H and O–H groups in total. The third kappa shape index (κ3) is 2.64. The van der Waals surface area contributed by atoms with E-state index in [1.807, 2.05) is 13.0 Å². The van der Waals surface area contributed by atoms with Crippen molar-refractivity contribution in [3.63, 3.8) is 0 Å². The van der Waals surface area contributed by atoms with E-state index in [0.29, 0.717) is 12.6 Å². The van der Waals surface area contributed by atoms with Crippen LogP contribution in [0.2, 0.25) is 0 Å². The molecule has 0 radical (unpaired) electrons. The zero-order valence-corrected chi connectivity index (χ0v) is 9.85. The minimum Gasteiger partial charge on any atom is -0.492 e. The van der Waals surface area contributed by atoms with Crippen molar-refractivity contribution in [3.8, 4) is 11.5 Å². The lowest BCUT2D eigenvalue weighted by molar-refractivity contribution is 0.0766. The second kappa shape index (κ2) is 5.16. The van der Waals surface area contributed by atoms with Crippen molar-refractivity contribution in [2.24, 2.45) is 0 Å². The summed E-state index contributed by atoms with van der Waals surface area (Å²) >= 11 is 0. The minimum absolute atomic E-state index is 0.552. The number of rotatable bonds is 5. The summed E-state index contributed by atoms with van der Waals surface area (Å²) < 4.78 is 11.0. The Hall–Kier alpha value is -1.29. The number of hydrogen-bond donors (Lipinski definition) is 0. The highest BCUT2D eigenvalue weighted by atomic mass is 16.5. The van der Waals surface area contributed by atoms with Crippen molar-refractivity contribution >= 4 is 0 Å². The van der Waals surface area contributed by atoms with Crippen LogP contribution in [0.25, 0.3) is 0 Å². The molecule has 0 saturated carbocycles. The van der Waals surface area contributed by atoms with E-state index in [-0.39, 0.29) is 0 Å². The molecule has 16 heavy (non-hydrogen) atoms. The van der Waals surface area contributed by atoms with E-state index < -0.39 is 0 Å². The molecule has 1 fully saturated rings. The van der Waals surface area contributed by atoms with Crippen molar-refractivity contribution in [2.75, 3.05) is 26.8 Å². The first kappa shape index (κ1) is 11.2. The summed E-state index contributed by atoms with van der Waals surface area (Å²) in [6.45, 7) is 4.51. The highest BCUT2D eigenvalue weighted by Gasteiger charge is 2.24. The molecule has 4 heteroatoms. The molecule has 0 aromatic carbocycles. The fraction of sp³-hybridized carbons (Fsp3) is 0.583. The Balaban J connectivity index is 1.86. The number of hydrogen-bond acceptors (Lipinski definition) is 4. The quantitative estimate of drug-likeness (QED) is 0.757.